The Morgan fingerprint density at radius 3 is 0.852 bits per heavy atom. The van der Waals surface area contributed by atoms with E-state index in [4.69, 9.17) is 14.2 Å². The van der Waals surface area contributed by atoms with E-state index in [2.05, 4.69) is 41.5 Å². The molecule has 3 atom stereocenters. The number of hydrogen-bond acceptors (Lipinski definition) is 6. The minimum Gasteiger partial charge on any atom is -0.462 e. The molecule has 6 nitrogen and oxygen atoms in total. The number of carbonyl (C=O) groups excluding carboxylic acids is 3. The maximum Gasteiger partial charge on any atom is 0.306 e. The maximum atomic E-state index is 12.8. The SMILES string of the molecule is CCC(C)CCCCCCCCCCCCCCCCC(=O)OC[C@H](COC(=O)CCCCCCCCCCC(C)C)OC(=O)CCCCCCCCCCCCC(C)CC. The lowest BCUT2D eigenvalue weighted by Gasteiger charge is -2.18. The van der Waals surface area contributed by atoms with E-state index >= 15 is 0 Å². The van der Waals surface area contributed by atoms with Crippen molar-refractivity contribution in [3.63, 3.8) is 0 Å². The number of hydrogen-bond donors (Lipinski definition) is 0. The van der Waals surface area contributed by atoms with Crippen LogP contribution in [0.15, 0.2) is 0 Å². The van der Waals surface area contributed by atoms with Crippen LogP contribution >= 0.6 is 0 Å². The summed E-state index contributed by atoms with van der Waals surface area (Å²) in [7, 11) is 0. The van der Waals surface area contributed by atoms with Crippen molar-refractivity contribution in [1.82, 2.24) is 0 Å². The van der Waals surface area contributed by atoms with Gasteiger partial charge in [-0.3, -0.25) is 14.4 Å². The summed E-state index contributed by atoms with van der Waals surface area (Å²) in [5.41, 5.74) is 0. The predicted molar refractivity (Wildman–Crippen MR) is 261 cm³/mol. The Labute approximate surface area is 380 Å². The fourth-order valence-electron chi connectivity index (χ4n) is 8.23. The molecule has 0 amide bonds. The van der Waals surface area contributed by atoms with Gasteiger partial charge in [0, 0.05) is 19.3 Å². The molecule has 61 heavy (non-hydrogen) atoms. The van der Waals surface area contributed by atoms with Gasteiger partial charge in [-0.15, -0.1) is 0 Å². The Bertz CT molecular complexity index is 949. The summed E-state index contributed by atoms with van der Waals surface area (Å²) in [6.45, 7) is 13.8. The Balaban J connectivity index is 4.29. The maximum absolute atomic E-state index is 12.8. The lowest BCUT2D eigenvalue weighted by Crippen LogP contribution is -2.30. The molecule has 0 saturated carbocycles. The van der Waals surface area contributed by atoms with Crippen molar-refractivity contribution in [3.05, 3.63) is 0 Å². The summed E-state index contributed by atoms with van der Waals surface area (Å²) in [6.07, 6.45) is 46.5. The van der Waals surface area contributed by atoms with Crippen molar-refractivity contribution in [3.8, 4) is 0 Å². The van der Waals surface area contributed by atoms with Gasteiger partial charge in [0.15, 0.2) is 6.10 Å². The van der Waals surface area contributed by atoms with E-state index in [1.54, 1.807) is 0 Å². The zero-order chi connectivity index (χ0) is 44.9. The Kier molecular flexibility index (Phi) is 45.2. The second-order valence-electron chi connectivity index (χ2n) is 19.8. The fraction of sp³-hybridized carbons (Fsp3) is 0.945. The highest BCUT2D eigenvalue weighted by atomic mass is 16.6. The molecule has 0 spiro atoms. The summed E-state index contributed by atoms with van der Waals surface area (Å²) in [6, 6.07) is 0. The molecule has 0 aromatic carbocycles. The average molecular weight is 863 g/mol. The van der Waals surface area contributed by atoms with Gasteiger partial charge >= 0.3 is 17.9 Å². The zero-order valence-corrected chi connectivity index (χ0v) is 42.0. The Morgan fingerprint density at radius 1 is 0.328 bits per heavy atom. The van der Waals surface area contributed by atoms with Crippen LogP contribution in [-0.2, 0) is 28.6 Å². The summed E-state index contributed by atoms with van der Waals surface area (Å²) in [4.78, 5) is 38.0. The van der Waals surface area contributed by atoms with Crippen LogP contribution < -0.4 is 0 Å². The zero-order valence-electron chi connectivity index (χ0n) is 42.0. The summed E-state index contributed by atoms with van der Waals surface area (Å²) in [5, 5.41) is 0. The topological polar surface area (TPSA) is 78.9 Å². The average Bonchev–Trinajstić information content (AvgIpc) is 3.24. The Hall–Kier alpha value is -1.59. The van der Waals surface area contributed by atoms with Crippen molar-refractivity contribution in [2.45, 2.75) is 304 Å². The van der Waals surface area contributed by atoms with Gasteiger partial charge < -0.3 is 14.2 Å². The molecule has 0 N–H and O–H groups in total. The molecule has 0 radical (unpaired) electrons. The largest absolute Gasteiger partial charge is 0.462 e. The number of rotatable bonds is 48. The second-order valence-corrected chi connectivity index (χ2v) is 19.8. The third-order valence-corrected chi connectivity index (χ3v) is 13.1. The van der Waals surface area contributed by atoms with Crippen LogP contribution in [0.2, 0.25) is 0 Å². The molecular weight excluding hydrogens is 757 g/mol. The molecular formula is C55H106O6. The highest BCUT2D eigenvalue weighted by Gasteiger charge is 2.19. The molecule has 0 aromatic heterocycles. The minimum atomic E-state index is -0.763. The van der Waals surface area contributed by atoms with Crippen molar-refractivity contribution >= 4 is 17.9 Å². The van der Waals surface area contributed by atoms with Gasteiger partial charge in [-0.1, -0.05) is 260 Å². The summed E-state index contributed by atoms with van der Waals surface area (Å²) < 4.78 is 16.8. The van der Waals surface area contributed by atoms with Crippen molar-refractivity contribution in [2.75, 3.05) is 13.2 Å². The molecule has 0 fully saturated rings. The minimum absolute atomic E-state index is 0.0646. The molecule has 0 aromatic rings. The first-order chi connectivity index (χ1) is 29.7. The van der Waals surface area contributed by atoms with Gasteiger partial charge in [0.1, 0.15) is 13.2 Å². The normalized spacial score (nSPS) is 13.0. The highest BCUT2D eigenvalue weighted by Crippen LogP contribution is 2.19. The number of ether oxygens (including phenoxy) is 3. The van der Waals surface area contributed by atoms with Gasteiger partial charge in [0.2, 0.25) is 0 Å². The first-order valence-electron chi connectivity index (χ1n) is 27.2. The quantitative estimate of drug-likeness (QED) is 0.0344. The van der Waals surface area contributed by atoms with Crippen molar-refractivity contribution in [1.29, 1.82) is 0 Å². The van der Waals surface area contributed by atoms with Crippen molar-refractivity contribution < 1.29 is 28.6 Å². The summed E-state index contributed by atoms with van der Waals surface area (Å²) >= 11 is 0. The van der Waals surface area contributed by atoms with Crippen LogP contribution in [0.4, 0.5) is 0 Å². The van der Waals surface area contributed by atoms with Gasteiger partial charge in [-0.25, -0.2) is 0 Å². The van der Waals surface area contributed by atoms with Crippen LogP contribution in [-0.4, -0.2) is 37.2 Å². The lowest BCUT2D eigenvalue weighted by atomic mass is 9.99. The molecule has 0 rings (SSSR count). The fourth-order valence-corrected chi connectivity index (χ4v) is 8.23. The predicted octanol–water partition coefficient (Wildman–Crippen LogP) is 17.6. The molecule has 0 aliphatic carbocycles. The van der Waals surface area contributed by atoms with Gasteiger partial charge in [-0.2, -0.15) is 0 Å². The molecule has 0 heterocycles. The number of unbranched alkanes of at least 4 members (excludes halogenated alkanes) is 29. The third-order valence-electron chi connectivity index (χ3n) is 13.1. The summed E-state index contributed by atoms with van der Waals surface area (Å²) in [5.74, 6) is 1.71. The van der Waals surface area contributed by atoms with Gasteiger partial charge in [0.25, 0.3) is 0 Å². The molecule has 0 bridgehead atoms. The standard InChI is InChI=1S/C55H106O6/c1-7-50(5)42-36-30-24-17-13-11-9-10-12-14-19-26-32-38-44-53(56)59-47-52(48-60-54(57)45-39-33-27-22-21-23-29-35-41-49(3)4)61-55(58)46-40-34-28-20-16-15-18-25-31-37-43-51(6)8-2/h49-52H,7-48H2,1-6H3/t50?,51?,52-/m1/s1. The molecule has 2 unspecified atom stereocenters. The molecule has 362 valence electrons. The van der Waals surface area contributed by atoms with E-state index in [0.717, 1.165) is 75.5 Å². The van der Waals surface area contributed by atoms with Crippen LogP contribution in [0.1, 0.15) is 298 Å². The lowest BCUT2D eigenvalue weighted by molar-refractivity contribution is -0.167. The number of esters is 3. The van der Waals surface area contributed by atoms with E-state index in [-0.39, 0.29) is 31.1 Å². The van der Waals surface area contributed by atoms with Crippen LogP contribution in [0.5, 0.6) is 0 Å². The third kappa shape index (κ3) is 46.2. The van der Waals surface area contributed by atoms with E-state index in [1.807, 2.05) is 0 Å². The Morgan fingerprint density at radius 2 is 0.574 bits per heavy atom. The first kappa shape index (κ1) is 59.4. The first-order valence-corrected chi connectivity index (χ1v) is 27.2. The highest BCUT2D eigenvalue weighted by molar-refractivity contribution is 5.71. The monoisotopic (exact) mass is 863 g/mol. The van der Waals surface area contributed by atoms with Crippen molar-refractivity contribution in [2.24, 2.45) is 17.8 Å². The van der Waals surface area contributed by atoms with Gasteiger partial charge in [0.05, 0.1) is 0 Å². The molecule has 0 aliphatic heterocycles. The van der Waals surface area contributed by atoms with E-state index in [1.165, 1.54) is 180 Å². The van der Waals surface area contributed by atoms with Crippen LogP contribution in [0.25, 0.3) is 0 Å². The smallest absolute Gasteiger partial charge is 0.306 e. The second kappa shape index (κ2) is 46.4. The molecule has 6 heteroatoms. The van der Waals surface area contributed by atoms with E-state index < -0.39 is 6.10 Å². The van der Waals surface area contributed by atoms with E-state index in [9.17, 15) is 14.4 Å². The van der Waals surface area contributed by atoms with E-state index in [0.29, 0.717) is 19.3 Å². The van der Waals surface area contributed by atoms with Crippen LogP contribution in [0.3, 0.4) is 0 Å². The molecule has 0 aliphatic rings. The molecule has 0 saturated heterocycles. The van der Waals surface area contributed by atoms with Crippen LogP contribution in [0, 0.1) is 17.8 Å². The van der Waals surface area contributed by atoms with Gasteiger partial charge in [-0.05, 0) is 37.0 Å². The number of carbonyl (C=O) groups is 3.